The molecule has 0 aromatic heterocycles. The standard InChI is InChI=1S/C15H29N/c1-13-6-5-7-14(12-13)10-11-16-15-8-3-2-4-9-15/h13-16H,2-12H2,1H3. The summed E-state index contributed by atoms with van der Waals surface area (Å²) >= 11 is 0. The lowest BCUT2D eigenvalue weighted by Crippen LogP contribution is -2.33. The van der Waals surface area contributed by atoms with Gasteiger partial charge in [0.15, 0.2) is 0 Å². The van der Waals surface area contributed by atoms with Gasteiger partial charge in [-0.25, -0.2) is 0 Å². The van der Waals surface area contributed by atoms with Gasteiger partial charge >= 0.3 is 0 Å². The maximum atomic E-state index is 3.78. The van der Waals surface area contributed by atoms with Crippen LogP contribution in [-0.4, -0.2) is 12.6 Å². The van der Waals surface area contributed by atoms with E-state index >= 15 is 0 Å². The lowest BCUT2D eigenvalue weighted by molar-refractivity contribution is 0.260. The van der Waals surface area contributed by atoms with Crippen LogP contribution in [0.25, 0.3) is 0 Å². The zero-order valence-corrected chi connectivity index (χ0v) is 11.0. The molecule has 2 saturated carbocycles. The van der Waals surface area contributed by atoms with Crippen LogP contribution < -0.4 is 5.32 Å². The second-order valence-corrected chi connectivity index (χ2v) is 6.22. The highest BCUT2D eigenvalue weighted by Crippen LogP contribution is 2.30. The molecule has 2 rings (SSSR count). The quantitative estimate of drug-likeness (QED) is 0.756. The van der Waals surface area contributed by atoms with Gasteiger partial charge in [-0.1, -0.05) is 45.4 Å². The Kier molecular flexibility index (Phi) is 5.15. The number of rotatable bonds is 4. The van der Waals surface area contributed by atoms with Crippen LogP contribution in [0.5, 0.6) is 0 Å². The van der Waals surface area contributed by atoms with Gasteiger partial charge in [0.25, 0.3) is 0 Å². The molecule has 1 heteroatoms. The van der Waals surface area contributed by atoms with Gasteiger partial charge < -0.3 is 5.32 Å². The predicted molar refractivity (Wildman–Crippen MR) is 70.6 cm³/mol. The lowest BCUT2D eigenvalue weighted by Gasteiger charge is -2.28. The van der Waals surface area contributed by atoms with Gasteiger partial charge in [0.2, 0.25) is 0 Å². The first kappa shape index (κ1) is 12.4. The minimum Gasteiger partial charge on any atom is -0.314 e. The Morgan fingerprint density at radius 1 is 0.938 bits per heavy atom. The molecular formula is C15H29N. The molecule has 0 radical (unpaired) electrons. The maximum Gasteiger partial charge on any atom is 0.00670 e. The van der Waals surface area contributed by atoms with E-state index in [1.54, 1.807) is 0 Å². The minimum absolute atomic E-state index is 0.856. The van der Waals surface area contributed by atoms with E-state index < -0.39 is 0 Å². The molecule has 1 N–H and O–H groups in total. The fourth-order valence-corrected chi connectivity index (χ4v) is 3.62. The van der Waals surface area contributed by atoms with Crippen molar-refractivity contribution in [3.63, 3.8) is 0 Å². The Labute approximate surface area is 101 Å². The molecule has 2 aliphatic rings. The van der Waals surface area contributed by atoms with Crippen molar-refractivity contribution >= 4 is 0 Å². The third-order valence-corrected chi connectivity index (χ3v) is 4.64. The Balaban J connectivity index is 1.56. The van der Waals surface area contributed by atoms with Crippen LogP contribution in [-0.2, 0) is 0 Å². The molecule has 2 unspecified atom stereocenters. The third kappa shape index (κ3) is 4.08. The molecule has 94 valence electrons. The summed E-state index contributed by atoms with van der Waals surface area (Å²) in [6, 6.07) is 0.856. The minimum atomic E-state index is 0.856. The van der Waals surface area contributed by atoms with Crippen LogP contribution in [0, 0.1) is 11.8 Å². The molecule has 0 spiro atoms. The highest BCUT2D eigenvalue weighted by Gasteiger charge is 2.19. The summed E-state index contributed by atoms with van der Waals surface area (Å²) in [5.74, 6) is 2.02. The number of hydrogen-bond acceptors (Lipinski definition) is 1. The molecule has 0 aromatic rings. The summed E-state index contributed by atoms with van der Waals surface area (Å²) < 4.78 is 0. The van der Waals surface area contributed by atoms with Crippen LogP contribution in [0.2, 0.25) is 0 Å². The second-order valence-electron chi connectivity index (χ2n) is 6.22. The molecule has 0 amide bonds. The van der Waals surface area contributed by atoms with Gasteiger partial charge in [0.1, 0.15) is 0 Å². The van der Waals surface area contributed by atoms with Gasteiger partial charge in [-0.05, 0) is 44.1 Å². The molecule has 0 heterocycles. The van der Waals surface area contributed by atoms with Gasteiger partial charge in [-0.3, -0.25) is 0 Å². The van der Waals surface area contributed by atoms with E-state index in [1.807, 2.05) is 0 Å². The van der Waals surface area contributed by atoms with E-state index in [4.69, 9.17) is 0 Å². The second kappa shape index (κ2) is 6.64. The smallest absolute Gasteiger partial charge is 0.00670 e. The van der Waals surface area contributed by atoms with Gasteiger partial charge in [0, 0.05) is 6.04 Å². The van der Waals surface area contributed by atoms with Crippen LogP contribution in [0.4, 0.5) is 0 Å². The molecule has 1 nitrogen and oxygen atoms in total. The van der Waals surface area contributed by atoms with Crippen molar-refractivity contribution in [2.45, 2.75) is 77.2 Å². The highest BCUT2D eigenvalue weighted by atomic mass is 14.9. The normalized spacial score (nSPS) is 32.8. The van der Waals surface area contributed by atoms with Crippen molar-refractivity contribution in [3.8, 4) is 0 Å². The van der Waals surface area contributed by atoms with E-state index in [0.29, 0.717) is 0 Å². The molecule has 2 atom stereocenters. The molecular weight excluding hydrogens is 194 g/mol. The Morgan fingerprint density at radius 2 is 1.75 bits per heavy atom. The topological polar surface area (TPSA) is 12.0 Å². The highest BCUT2D eigenvalue weighted by molar-refractivity contribution is 4.75. The summed E-state index contributed by atoms with van der Waals surface area (Å²) in [6.45, 7) is 3.71. The van der Waals surface area contributed by atoms with Crippen LogP contribution in [0.1, 0.15) is 71.1 Å². The van der Waals surface area contributed by atoms with Crippen LogP contribution >= 0.6 is 0 Å². The summed E-state index contributed by atoms with van der Waals surface area (Å²) in [7, 11) is 0. The average molecular weight is 223 g/mol. The summed E-state index contributed by atoms with van der Waals surface area (Å²) in [4.78, 5) is 0. The largest absolute Gasteiger partial charge is 0.314 e. The van der Waals surface area contributed by atoms with Crippen molar-refractivity contribution < 1.29 is 0 Å². The average Bonchev–Trinajstić information content (AvgIpc) is 2.30. The Bertz CT molecular complexity index is 184. The van der Waals surface area contributed by atoms with Gasteiger partial charge in [-0.2, -0.15) is 0 Å². The van der Waals surface area contributed by atoms with Crippen molar-refractivity contribution in [1.82, 2.24) is 5.32 Å². The number of nitrogens with one attached hydrogen (secondary N) is 1. The van der Waals surface area contributed by atoms with E-state index in [0.717, 1.165) is 17.9 Å². The zero-order chi connectivity index (χ0) is 11.2. The van der Waals surface area contributed by atoms with Crippen molar-refractivity contribution in [3.05, 3.63) is 0 Å². The van der Waals surface area contributed by atoms with Crippen LogP contribution in [0.15, 0.2) is 0 Å². The number of hydrogen-bond donors (Lipinski definition) is 1. The fraction of sp³-hybridized carbons (Fsp3) is 1.00. The fourth-order valence-electron chi connectivity index (χ4n) is 3.62. The van der Waals surface area contributed by atoms with Gasteiger partial charge in [0.05, 0.1) is 0 Å². The molecule has 2 aliphatic carbocycles. The molecule has 0 aromatic carbocycles. The van der Waals surface area contributed by atoms with Crippen LogP contribution in [0.3, 0.4) is 0 Å². The third-order valence-electron chi connectivity index (χ3n) is 4.64. The first-order chi connectivity index (χ1) is 7.84. The van der Waals surface area contributed by atoms with Crippen molar-refractivity contribution in [2.24, 2.45) is 11.8 Å². The molecule has 2 fully saturated rings. The van der Waals surface area contributed by atoms with E-state index in [1.165, 1.54) is 70.8 Å². The summed E-state index contributed by atoms with van der Waals surface area (Å²) in [6.07, 6.45) is 14.6. The van der Waals surface area contributed by atoms with E-state index in [2.05, 4.69) is 12.2 Å². The van der Waals surface area contributed by atoms with E-state index in [9.17, 15) is 0 Å². The summed E-state index contributed by atoms with van der Waals surface area (Å²) in [5, 5.41) is 3.78. The maximum absolute atomic E-state index is 3.78. The first-order valence-corrected chi connectivity index (χ1v) is 7.58. The zero-order valence-electron chi connectivity index (χ0n) is 11.0. The predicted octanol–water partition coefficient (Wildman–Crippen LogP) is 4.13. The van der Waals surface area contributed by atoms with Crippen molar-refractivity contribution in [1.29, 1.82) is 0 Å². The Hall–Kier alpha value is -0.0400. The summed E-state index contributed by atoms with van der Waals surface area (Å²) in [5.41, 5.74) is 0. The molecule has 0 saturated heterocycles. The van der Waals surface area contributed by atoms with Gasteiger partial charge in [-0.15, -0.1) is 0 Å². The Morgan fingerprint density at radius 3 is 2.50 bits per heavy atom. The monoisotopic (exact) mass is 223 g/mol. The molecule has 0 aliphatic heterocycles. The molecule has 0 bridgehead atoms. The van der Waals surface area contributed by atoms with E-state index in [-0.39, 0.29) is 0 Å². The van der Waals surface area contributed by atoms with Crippen molar-refractivity contribution in [2.75, 3.05) is 6.54 Å². The SMILES string of the molecule is CC1CCCC(CCNC2CCCCC2)C1. The molecule has 16 heavy (non-hydrogen) atoms. The lowest BCUT2D eigenvalue weighted by atomic mass is 9.81. The first-order valence-electron chi connectivity index (χ1n) is 7.58.